The molecule has 0 atom stereocenters. The molecule has 4 aromatic rings. The van der Waals surface area contributed by atoms with Crippen LogP contribution >= 0.6 is 0 Å². The lowest BCUT2D eigenvalue weighted by molar-refractivity contribution is -0.132. The van der Waals surface area contributed by atoms with Crippen LogP contribution in [0, 0.1) is 6.92 Å². The van der Waals surface area contributed by atoms with Gasteiger partial charge in [-0.15, -0.1) is 5.10 Å². The van der Waals surface area contributed by atoms with E-state index in [0.717, 1.165) is 30.0 Å². The van der Waals surface area contributed by atoms with Gasteiger partial charge in [-0.2, -0.15) is 4.68 Å². The first-order valence-corrected chi connectivity index (χ1v) is 10.6. The third-order valence-corrected chi connectivity index (χ3v) is 5.73. The van der Waals surface area contributed by atoms with E-state index in [2.05, 4.69) is 32.3 Å². The van der Waals surface area contributed by atoms with Crippen LogP contribution in [0.25, 0.3) is 16.9 Å². The number of anilines is 1. The standard InChI is InChI=1S/C23H23N7O2/c1-17-6-5-9-19(14-17)30-22-21(25-26-30)23(32)29(16-24-22)15-20(31)28-12-10-27(11-13-28)18-7-3-2-4-8-18/h2-9,14,16H,10-13,15H2,1H3. The summed E-state index contributed by atoms with van der Waals surface area (Å²) in [6, 6.07) is 17.9. The molecule has 5 rings (SSSR count). The van der Waals surface area contributed by atoms with Crippen molar-refractivity contribution in [1.82, 2.24) is 29.4 Å². The van der Waals surface area contributed by atoms with Gasteiger partial charge >= 0.3 is 0 Å². The van der Waals surface area contributed by atoms with E-state index in [1.165, 1.54) is 10.9 Å². The van der Waals surface area contributed by atoms with Gasteiger partial charge in [0.2, 0.25) is 5.91 Å². The Kier molecular flexibility index (Phi) is 5.14. The summed E-state index contributed by atoms with van der Waals surface area (Å²) in [6.07, 6.45) is 1.40. The topological polar surface area (TPSA) is 89.1 Å². The van der Waals surface area contributed by atoms with Gasteiger partial charge in [0, 0.05) is 31.9 Å². The highest BCUT2D eigenvalue weighted by Gasteiger charge is 2.22. The molecule has 2 aromatic carbocycles. The Balaban J connectivity index is 1.31. The van der Waals surface area contributed by atoms with Crippen molar-refractivity contribution in [2.45, 2.75) is 13.5 Å². The lowest BCUT2D eigenvalue weighted by Gasteiger charge is -2.36. The van der Waals surface area contributed by atoms with Crippen molar-refractivity contribution in [3.63, 3.8) is 0 Å². The fourth-order valence-electron chi connectivity index (χ4n) is 3.99. The first-order valence-electron chi connectivity index (χ1n) is 10.6. The maximum Gasteiger partial charge on any atom is 0.284 e. The monoisotopic (exact) mass is 429 g/mol. The molecule has 9 nitrogen and oxygen atoms in total. The Morgan fingerprint density at radius 2 is 1.72 bits per heavy atom. The van der Waals surface area contributed by atoms with Gasteiger partial charge in [0.05, 0.1) is 5.69 Å². The van der Waals surface area contributed by atoms with Crippen LogP contribution in [-0.4, -0.2) is 61.5 Å². The minimum Gasteiger partial charge on any atom is -0.368 e. The Morgan fingerprint density at radius 3 is 2.47 bits per heavy atom. The Hall–Kier alpha value is -4.01. The fourth-order valence-corrected chi connectivity index (χ4v) is 3.99. The van der Waals surface area contributed by atoms with Crippen LogP contribution in [-0.2, 0) is 11.3 Å². The van der Waals surface area contributed by atoms with E-state index in [9.17, 15) is 9.59 Å². The molecule has 3 heterocycles. The molecule has 9 heteroatoms. The molecule has 2 aromatic heterocycles. The largest absolute Gasteiger partial charge is 0.368 e. The van der Waals surface area contributed by atoms with Crippen molar-refractivity contribution in [2.75, 3.05) is 31.1 Å². The lowest BCUT2D eigenvalue weighted by Crippen LogP contribution is -2.50. The van der Waals surface area contributed by atoms with Gasteiger partial charge in [-0.3, -0.25) is 14.2 Å². The van der Waals surface area contributed by atoms with E-state index in [1.807, 2.05) is 49.4 Å². The zero-order chi connectivity index (χ0) is 22.1. The minimum absolute atomic E-state index is 0.0651. The van der Waals surface area contributed by atoms with E-state index in [1.54, 1.807) is 9.58 Å². The van der Waals surface area contributed by atoms with E-state index in [4.69, 9.17) is 0 Å². The van der Waals surface area contributed by atoms with Gasteiger partial charge in [-0.05, 0) is 36.8 Å². The van der Waals surface area contributed by atoms with E-state index in [-0.39, 0.29) is 23.5 Å². The van der Waals surface area contributed by atoms with Gasteiger partial charge in [-0.25, -0.2) is 4.98 Å². The van der Waals surface area contributed by atoms with Gasteiger partial charge < -0.3 is 9.80 Å². The first-order chi connectivity index (χ1) is 15.6. The maximum absolute atomic E-state index is 12.9. The van der Waals surface area contributed by atoms with E-state index < -0.39 is 0 Å². The highest BCUT2D eigenvalue weighted by Crippen LogP contribution is 2.16. The molecule has 1 saturated heterocycles. The second kappa shape index (κ2) is 8.26. The average Bonchev–Trinajstić information content (AvgIpc) is 3.26. The molecular formula is C23H23N7O2. The van der Waals surface area contributed by atoms with Crippen LogP contribution in [0.5, 0.6) is 0 Å². The second-order valence-corrected chi connectivity index (χ2v) is 7.89. The normalized spacial score (nSPS) is 14.2. The van der Waals surface area contributed by atoms with E-state index >= 15 is 0 Å². The van der Waals surface area contributed by atoms with Crippen molar-refractivity contribution < 1.29 is 4.79 Å². The van der Waals surface area contributed by atoms with Crippen LogP contribution in [0.2, 0.25) is 0 Å². The summed E-state index contributed by atoms with van der Waals surface area (Å²) < 4.78 is 2.85. The number of aryl methyl sites for hydroxylation is 1. The number of rotatable bonds is 4. The molecule has 32 heavy (non-hydrogen) atoms. The summed E-state index contributed by atoms with van der Waals surface area (Å²) >= 11 is 0. The number of fused-ring (bicyclic) bond motifs is 1. The van der Waals surface area contributed by atoms with Crippen molar-refractivity contribution in [3.05, 3.63) is 76.8 Å². The van der Waals surface area contributed by atoms with Crippen molar-refractivity contribution in [3.8, 4) is 5.69 Å². The number of nitrogens with zero attached hydrogens (tertiary/aromatic N) is 7. The smallest absolute Gasteiger partial charge is 0.284 e. The SMILES string of the molecule is Cc1cccc(-n2nnc3c(=O)n(CC(=O)N4CCN(c5ccccc5)CC4)cnc32)c1. The molecule has 0 unspecified atom stereocenters. The van der Waals surface area contributed by atoms with Crippen molar-refractivity contribution in [2.24, 2.45) is 0 Å². The lowest BCUT2D eigenvalue weighted by atomic mass is 10.2. The van der Waals surface area contributed by atoms with Gasteiger partial charge in [0.1, 0.15) is 12.9 Å². The molecule has 0 radical (unpaired) electrons. The van der Waals surface area contributed by atoms with Crippen LogP contribution in [0.1, 0.15) is 5.56 Å². The zero-order valence-corrected chi connectivity index (χ0v) is 17.8. The van der Waals surface area contributed by atoms with Crippen molar-refractivity contribution >= 4 is 22.8 Å². The third kappa shape index (κ3) is 3.73. The number of amides is 1. The predicted molar refractivity (Wildman–Crippen MR) is 121 cm³/mol. The zero-order valence-electron chi connectivity index (χ0n) is 17.8. The highest BCUT2D eigenvalue weighted by atomic mass is 16.2. The molecule has 162 valence electrons. The van der Waals surface area contributed by atoms with Gasteiger partial charge in [0.25, 0.3) is 5.56 Å². The Morgan fingerprint density at radius 1 is 0.969 bits per heavy atom. The summed E-state index contributed by atoms with van der Waals surface area (Å²) in [7, 11) is 0. The highest BCUT2D eigenvalue weighted by molar-refractivity contribution is 5.77. The Bertz CT molecular complexity index is 1320. The summed E-state index contributed by atoms with van der Waals surface area (Å²) in [4.78, 5) is 34.2. The van der Waals surface area contributed by atoms with Gasteiger partial charge in [-0.1, -0.05) is 35.5 Å². The minimum atomic E-state index is -0.370. The molecule has 1 aliphatic heterocycles. The summed E-state index contributed by atoms with van der Waals surface area (Å²) in [5.41, 5.74) is 3.16. The van der Waals surface area contributed by atoms with Crippen LogP contribution < -0.4 is 10.5 Å². The number of carbonyl (C=O) groups excluding carboxylic acids is 1. The summed E-state index contributed by atoms with van der Waals surface area (Å²) in [5.74, 6) is -0.105. The molecule has 1 fully saturated rings. The molecule has 1 amide bonds. The molecule has 1 aliphatic rings. The van der Waals surface area contributed by atoms with Crippen LogP contribution in [0.4, 0.5) is 5.69 Å². The predicted octanol–water partition coefficient (Wildman–Crippen LogP) is 1.63. The fraction of sp³-hybridized carbons (Fsp3) is 0.261. The third-order valence-electron chi connectivity index (χ3n) is 5.73. The Labute approximate surface area is 184 Å². The molecule has 0 bridgehead atoms. The molecule has 0 saturated carbocycles. The second-order valence-electron chi connectivity index (χ2n) is 7.89. The van der Waals surface area contributed by atoms with Crippen molar-refractivity contribution in [1.29, 1.82) is 0 Å². The molecule has 0 aliphatic carbocycles. The molecular weight excluding hydrogens is 406 g/mol. The number of hydrogen-bond acceptors (Lipinski definition) is 6. The number of hydrogen-bond donors (Lipinski definition) is 0. The van der Waals surface area contributed by atoms with E-state index in [0.29, 0.717) is 18.7 Å². The van der Waals surface area contributed by atoms with Crippen LogP contribution in [0.3, 0.4) is 0 Å². The quantitative estimate of drug-likeness (QED) is 0.490. The number of para-hydroxylation sites is 1. The first kappa shape index (κ1) is 19.9. The molecule has 0 spiro atoms. The number of aromatic nitrogens is 5. The number of piperazine rings is 1. The number of benzene rings is 2. The summed E-state index contributed by atoms with van der Waals surface area (Å²) in [5, 5.41) is 8.14. The van der Waals surface area contributed by atoms with Crippen LogP contribution in [0.15, 0.2) is 65.7 Å². The summed E-state index contributed by atoms with van der Waals surface area (Å²) in [6.45, 7) is 4.65. The molecule has 0 N–H and O–H groups in total. The van der Waals surface area contributed by atoms with Gasteiger partial charge in [0.15, 0.2) is 11.2 Å². The maximum atomic E-state index is 12.9. The average molecular weight is 429 g/mol. The number of carbonyl (C=O) groups is 1.